The fourth-order valence-corrected chi connectivity index (χ4v) is 2.59. The fraction of sp³-hybridized carbons (Fsp3) is 0.438. The van der Waals surface area contributed by atoms with Gasteiger partial charge in [0, 0.05) is 18.2 Å². The third-order valence-corrected chi connectivity index (χ3v) is 3.75. The lowest BCUT2D eigenvalue weighted by Gasteiger charge is -2.16. The monoisotopic (exact) mass is 258 g/mol. The van der Waals surface area contributed by atoms with Crippen molar-refractivity contribution in [2.24, 2.45) is 0 Å². The smallest absolute Gasteiger partial charge is 0.138 e. The molecule has 3 heteroatoms. The lowest BCUT2D eigenvalue weighted by molar-refractivity contribution is 0.390. The molecule has 0 aliphatic heterocycles. The highest BCUT2D eigenvalue weighted by molar-refractivity contribution is 5.33. The van der Waals surface area contributed by atoms with Gasteiger partial charge in [-0.15, -0.1) is 0 Å². The van der Waals surface area contributed by atoms with Gasteiger partial charge < -0.3 is 9.84 Å². The van der Waals surface area contributed by atoms with Gasteiger partial charge >= 0.3 is 0 Å². The van der Waals surface area contributed by atoms with Crippen molar-refractivity contribution in [3.8, 4) is 0 Å². The Bertz CT molecular complexity index is 532. The summed E-state index contributed by atoms with van der Waals surface area (Å²) in [6, 6.07) is 6.66. The minimum Gasteiger partial charge on any atom is -0.361 e. The fourth-order valence-electron chi connectivity index (χ4n) is 2.59. The van der Waals surface area contributed by atoms with Crippen LogP contribution in [0, 0.1) is 27.7 Å². The summed E-state index contributed by atoms with van der Waals surface area (Å²) in [4.78, 5) is 0. The van der Waals surface area contributed by atoms with E-state index in [4.69, 9.17) is 4.52 Å². The van der Waals surface area contributed by atoms with Gasteiger partial charge in [-0.2, -0.15) is 0 Å². The quantitative estimate of drug-likeness (QED) is 0.907. The Hall–Kier alpha value is -1.61. The number of aromatic nitrogens is 1. The number of hydrogen-bond acceptors (Lipinski definition) is 3. The maximum Gasteiger partial charge on any atom is 0.138 e. The molecular formula is C16H22N2O. The molecule has 0 saturated heterocycles. The molecule has 0 radical (unpaired) electrons. The SMILES string of the molecule is Cc1cccc(C)c1CNC(C)c1c(C)noc1C. The summed E-state index contributed by atoms with van der Waals surface area (Å²) < 4.78 is 5.23. The molecule has 0 amide bonds. The van der Waals surface area contributed by atoms with Gasteiger partial charge in [0.15, 0.2) is 0 Å². The molecular weight excluding hydrogens is 236 g/mol. The minimum absolute atomic E-state index is 0.241. The van der Waals surface area contributed by atoms with Crippen LogP contribution in [-0.2, 0) is 6.54 Å². The van der Waals surface area contributed by atoms with Crippen molar-refractivity contribution in [2.45, 2.75) is 47.2 Å². The van der Waals surface area contributed by atoms with E-state index >= 15 is 0 Å². The first-order chi connectivity index (χ1) is 9.00. The largest absolute Gasteiger partial charge is 0.361 e. The van der Waals surface area contributed by atoms with Crippen molar-refractivity contribution in [1.29, 1.82) is 0 Å². The summed E-state index contributed by atoms with van der Waals surface area (Å²) >= 11 is 0. The molecule has 1 unspecified atom stereocenters. The van der Waals surface area contributed by atoms with E-state index in [-0.39, 0.29) is 6.04 Å². The van der Waals surface area contributed by atoms with Crippen LogP contribution in [-0.4, -0.2) is 5.16 Å². The Morgan fingerprint density at radius 3 is 2.32 bits per heavy atom. The standard InChI is InChI=1S/C16H22N2O/c1-10-7-6-8-11(2)15(10)9-17-12(3)16-13(4)18-19-14(16)5/h6-8,12,17H,9H2,1-5H3. The van der Waals surface area contributed by atoms with Crippen LogP contribution in [0.1, 0.15) is 46.7 Å². The van der Waals surface area contributed by atoms with Crippen LogP contribution >= 0.6 is 0 Å². The van der Waals surface area contributed by atoms with Crippen molar-refractivity contribution in [3.05, 3.63) is 51.9 Å². The third kappa shape index (κ3) is 2.87. The van der Waals surface area contributed by atoms with Gasteiger partial charge in [-0.25, -0.2) is 0 Å². The normalized spacial score (nSPS) is 12.7. The first-order valence-corrected chi connectivity index (χ1v) is 6.72. The van der Waals surface area contributed by atoms with Crippen LogP contribution < -0.4 is 5.32 Å². The summed E-state index contributed by atoms with van der Waals surface area (Å²) in [5.74, 6) is 0.902. The van der Waals surface area contributed by atoms with E-state index in [9.17, 15) is 0 Å². The summed E-state index contributed by atoms with van der Waals surface area (Å²) in [6.07, 6.45) is 0. The van der Waals surface area contributed by atoms with Crippen LogP contribution in [0.15, 0.2) is 22.7 Å². The van der Waals surface area contributed by atoms with Gasteiger partial charge in [0.1, 0.15) is 5.76 Å². The Balaban J connectivity index is 2.11. The third-order valence-electron chi connectivity index (χ3n) is 3.75. The average Bonchev–Trinajstić information content (AvgIpc) is 2.68. The molecule has 3 nitrogen and oxygen atoms in total. The molecule has 19 heavy (non-hydrogen) atoms. The summed E-state index contributed by atoms with van der Waals surface area (Å²) in [6.45, 7) is 11.3. The topological polar surface area (TPSA) is 38.1 Å². The van der Waals surface area contributed by atoms with Crippen molar-refractivity contribution >= 4 is 0 Å². The summed E-state index contributed by atoms with van der Waals surface area (Å²) in [5.41, 5.74) is 6.18. The second kappa shape index (κ2) is 5.57. The summed E-state index contributed by atoms with van der Waals surface area (Å²) in [7, 11) is 0. The van der Waals surface area contributed by atoms with Crippen LogP contribution in [0.4, 0.5) is 0 Å². The van der Waals surface area contributed by atoms with Crippen molar-refractivity contribution in [2.75, 3.05) is 0 Å². The van der Waals surface area contributed by atoms with Gasteiger partial charge in [0.05, 0.1) is 5.69 Å². The highest BCUT2D eigenvalue weighted by Crippen LogP contribution is 2.22. The van der Waals surface area contributed by atoms with E-state index in [2.05, 4.69) is 49.4 Å². The molecule has 102 valence electrons. The van der Waals surface area contributed by atoms with Crippen LogP contribution in [0.25, 0.3) is 0 Å². The minimum atomic E-state index is 0.241. The zero-order valence-electron chi connectivity index (χ0n) is 12.4. The molecule has 1 N–H and O–H groups in total. The van der Waals surface area contributed by atoms with Crippen molar-refractivity contribution in [1.82, 2.24) is 10.5 Å². The Morgan fingerprint density at radius 2 is 1.79 bits per heavy atom. The van der Waals surface area contributed by atoms with E-state index in [0.29, 0.717) is 0 Å². The maximum absolute atomic E-state index is 5.23. The lowest BCUT2D eigenvalue weighted by atomic mass is 10.0. The van der Waals surface area contributed by atoms with Gasteiger partial charge in [-0.3, -0.25) is 0 Å². The predicted octanol–water partition coefficient (Wildman–Crippen LogP) is 3.76. The van der Waals surface area contributed by atoms with Crippen LogP contribution in [0.2, 0.25) is 0 Å². The summed E-state index contributed by atoms with van der Waals surface area (Å²) in [5, 5.41) is 7.58. The van der Waals surface area contributed by atoms with Gasteiger partial charge in [0.25, 0.3) is 0 Å². The maximum atomic E-state index is 5.23. The van der Waals surface area contributed by atoms with E-state index in [1.807, 2.05) is 13.8 Å². The lowest BCUT2D eigenvalue weighted by Crippen LogP contribution is -2.20. The second-order valence-corrected chi connectivity index (χ2v) is 5.21. The zero-order chi connectivity index (χ0) is 14.0. The number of rotatable bonds is 4. The molecule has 0 aliphatic carbocycles. The Kier molecular flexibility index (Phi) is 4.05. The molecule has 2 rings (SSSR count). The van der Waals surface area contributed by atoms with E-state index in [1.54, 1.807) is 0 Å². The number of benzene rings is 1. The Labute approximate surface area is 115 Å². The van der Waals surface area contributed by atoms with E-state index in [0.717, 1.165) is 18.0 Å². The predicted molar refractivity (Wildman–Crippen MR) is 77.1 cm³/mol. The molecule has 0 saturated carbocycles. The first-order valence-electron chi connectivity index (χ1n) is 6.72. The number of hydrogen-bond donors (Lipinski definition) is 1. The van der Waals surface area contributed by atoms with Crippen molar-refractivity contribution < 1.29 is 4.52 Å². The van der Waals surface area contributed by atoms with E-state index in [1.165, 1.54) is 22.3 Å². The molecule has 0 bridgehead atoms. The molecule has 1 aromatic carbocycles. The molecule has 1 atom stereocenters. The van der Waals surface area contributed by atoms with Crippen molar-refractivity contribution in [3.63, 3.8) is 0 Å². The van der Waals surface area contributed by atoms with Crippen LogP contribution in [0.5, 0.6) is 0 Å². The van der Waals surface area contributed by atoms with Gasteiger partial charge in [-0.1, -0.05) is 23.4 Å². The van der Waals surface area contributed by atoms with Gasteiger partial charge in [-0.05, 0) is 51.3 Å². The zero-order valence-corrected chi connectivity index (χ0v) is 12.4. The molecule has 2 aromatic rings. The Morgan fingerprint density at radius 1 is 1.16 bits per heavy atom. The molecule has 0 spiro atoms. The molecule has 1 heterocycles. The number of aryl methyl sites for hydroxylation is 4. The second-order valence-electron chi connectivity index (χ2n) is 5.21. The first kappa shape index (κ1) is 13.8. The van der Waals surface area contributed by atoms with Gasteiger partial charge in [0.2, 0.25) is 0 Å². The molecule has 1 aromatic heterocycles. The van der Waals surface area contributed by atoms with Crippen LogP contribution in [0.3, 0.4) is 0 Å². The molecule has 0 aliphatic rings. The average molecular weight is 258 g/mol. The number of nitrogens with zero attached hydrogens (tertiary/aromatic N) is 1. The highest BCUT2D eigenvalue weighted by atomic mass is 16.5. The van der Waals surface area contributed by atoms with E-state index < -0.39 is 0 Å². The molecule has 0 fully saturated rings. The number of nitrogens with one attached hydrogen (secondary N) is 1. The highest BCUT2D eigenvalue weighted by Gasteiger charge is 2.16.